The number of rotatable bonds is 2. The van der Waals surface area contributed by atoms with Crippen molar-refractivity contribution in [2.24, 2.45) is 0 Å². The van der Waals surface area contributed by atoms with Crippen LogP contribution in [0.4, 0.5) is 0 Å². The number of carbonyl (C=O) groups is 1. The highest BCUT2D eigenvalue weighted by atomic mass is 16.2. The molecule has 0 aromatic carbocycles. The topological polar surface area (TPSA) is 37.3 Å². The Labute approximate surface area is 59.9 Å². The van der Waals surface area contributed by atoms with Crippen LogP contribution in [0, 0.1) is 0 Å². The molecule has 0 heterocycles. The maximum atomic E-state index is 10.9. The molecule has 1 aliphatic carbocycles. The highest BCUT2D eigenvalue weighted by Gasteiger charge is 2.12. The highest BCUT2D eigenvalue weighted by molar-refractivity contribution is 5.97. The smallest absolute Gasteiger partial charge is 0.159 e. The summed E-state index contributed by atoms with van der Waals surface area (Å²) in [6.45, 7) is 0. The fourth-order valence-electron chi connectivity index (χ4n) is 1.03. The molecule has 1 aliphatic rings. The van der Waals surface area contributed by atoms with Crippen molar-refractivity contribution in [3.05, 3.63) is 24.0 Å². The van der Waals surface area contributed by atoms with Gasteiger partial charge in [0.2, 0.25) is 0 Å². The molecule has 0 aromatic rings. The third-order valence-corrected chi connectivity index (χ3v) is 1.56. The van der Waals surface area contributed by atoms with Crippen molar-refractivity contribution < 1.29 is 9.90 Å². The fraction of sp³-hybridized carbons (Fsp3) is 0.375. The molecule has 1 N–H and O–H groups in total. The van der Waals surface area contributed by atoms with E-state index < -0.39 is 0 Å². The minimum Gasteiger partial charge on any atom is -0.516 e. The van der Waals surface area contributed by atoms with Crippen LogP contribution in [0.15, 0.2) is 24.0 Å². The molecule has 0 radical (unpaired) electrons. The van der Waals surface area contributed by atoms with Gasteiger partial charge in [0, 0.05) is 6.42 Å². The van der Waals surface area contributed by atoms with Gasteiger partial charge in [-0.3, -0.25) is 4.79 Å². The normalized spacial score (nSPS) is 18.4. The van der Waals surface area contributed by atoms with Crippen molar-refractivity contribution in [3.63, 3.8) is 0 Å². The molecule has 0 aliphatic heterocycles. The van der Waals surface area contributed by atoms with Gasteiger partial charge in [-0.05, 0) is 24.5 Å². The van der Waals surface area contributed by atoms with Crippen molar-refractivity contribution in [2.75, 3.05) is 0 Å². The van der Waals surface area contributed by atoms with E-state index in [0.29, 0.717) is 12.8 Å². The maximum Gasteiger partial charge on any atom is 0.159 e. The van der Waals surface area contributed by atoms with Crippen LogP contribution in [0.5, 0.6) is 0 Å². The van der Waals surface area contributed by atoms with Gasteiger partial charge in [-0.2, -0.15) is 0 Å². The number of hydrogen-bond acceptors (Lipinski definition) is 2. The second-order valence-electron chi connectivity index (χ2n) is 2.28. The SMILES string of the molecule is O=C1CCC=C1CC=CO. The molecule has 0 aromatic heterocycles. The first-order valence-corrected chi connectivity index (χ1v) is 3.36. The predicted molar refractivity (Wildman–Crippen MR) is 38.7 cm³/mol. The molecule has 0 spiro atoms. The lowest BCUT2D eigenvalue weighted by atomic mass is 10.1. The van der Waals surface area contributed by atoms with Gasteiger partial charge in [-0.25, -0.2) is 0 Å². The first-order chi connectivity index (χ1) is 4.84. The summed E-state index contributed by atoms with van der Waals surface area (Å²) in [5, 5.41) is 8.29. The van der Waals surface area contributed by atoms with Gasteiger partial charge in [0.1, 0.15) is 0 Å². The van der Waals surface area contributed by atoms with Gasteiger partial charge >= 0.3 is 0 Å². The Kier molecular flexibility index (Phi) is 2.26. The summed E-state index contributed by atoms with van der Waals surface area (Å²) in [4.78, 5) is 10.9. The molecule has 0 amide bonds. The average molecular weight is 138 g/mol. The molecule has 0 saturated heterocycles. The monoisotopic (exact) mass is 138 g/mol. The molecular formula is C8H10O2. The first kappa shape index (κ1) is 7.06. The van der Waals surface area contributed by atoms with Crippen LogP contribution in [0.1, 0.15) is 19.3 Å². The minimum atomic E-state index is 0.220. The second-order valence-corrected chi connectivity index (χ2v) is 2.28. The first-order valence-electron chi connectivity index (χ1n) is 3.36. The summed E-state index contributed by atoms with van der Waals surface area (Å²) >= 11 is 0. The summed E-state index contributed by atoms with van der Waals surface area (Å²) in [5.41, 5.74) is 0.838. The largest absolute Gasteiger partial charge is 0.516 e. The zero-order valence-electron chi connectivity index (χ0n) is 5.71. The Hall–Kier alpha value is -1.05. The van der Waals surface area contributed by atoms with Gasteiger partial charge in [0.05, 0.1) is 6.26 Å². The van der Waals surface area contributed by atoms with Gasteiger partial charge in [-0.15, -0.1) is 0 Å². The van der Waals surface area contributed by atoms with Crippen molar-refractivity contribution in [1.82, 2.24) is 0 Å². The van der Waals surface area contributed by atoms with Gasteiger partial charge < -0.3 is 5.11 Å². The van der Waals surface area contributed by atoms with E-state index in [1.165, 1.54) is 0 Å². The van der Waals surface area contributed by atoms with Crippen LogP contribution in [0.3, 0.4) is 0 Å². The number of hydrogen-bond donors (Lipinski definition) is 1. The standard InChI is InChI=1S/C8H10O2/c9-6-2-4-7-3-1-5-8(7)10/h2-3,6,9H,1,4-5H2. The lowest BCUT2D eigenvalue weighted by Gasteiger charge is -1.91. The Bertz CT molecular complexity index is 189. The zero-order chi connectivity index (χ0) is 7.40. The van der Waals surface area contributed by atoms with Crippen LogP contribution in [-0.4, -0.2) is 10.9 Å². The fourth-order valence-corrected chi connectivity index (χ4v) is 1.03. The van der Waals surface area contributed by atoms with Gasteiger partial charge in [-0.1, -0.05) is 6.08 Å². The van der Waals surface area contributed by atoms with E-state index in [2.05, 4.69) is 0 Å². The summed E-state index contributed by atoms with van der Waals surface area (Å²) in [7, 11) is 0. The van der Waals surface area contributed by atoms with Crippen molar-refractivity contribution in [1.29, 1.82) is 0 Å². The molecule has 0 fully saturated rings. The molecular weight excluding hydrogens is 128 g/mol. The molecule has 0 saturated carbocycles. The molecule has 2 heteroatoms. The number of Topliss-reactive ketones (excluding diaryl/α,β-unsaturated/α-hetero) is 1. The Morgan fingerprint density at radius 1 is 1.70 bits per heavy atom. The molecule has 54 valence electrons. The van der Waals surface area contributed by atoms with Crippen LogP contribution < -0.4 is 0 Å². The Morgan fingerprint density at radius 3 is 3.00 bits per heavy atom. The number of allylic oxidation sites excluding steroid dienone is 3. The van der Waals surface area contributed by atoms with Crippen molar-refractivity contribution in [3.8, 4) is 0 Å². The Morgan fingerprint density at radius 2 is 2.50 bits per heavy atom. The summed E-state index contributed by atoms with van der Waals surface area (Å²) in [6, 6.07) is 0. The van der Waals surface area contributed by atoms with Gasteiger partial charge in [0.25, 0.3) is 0 Å². The third-order valence-electron chi connectivity index (χ3n) is 1.56. The predicted octanol–water partition coefficient (Wildman–Crippen LogP) is 1.74. The number of aliphatic hydroxyl groups is 1. The van der Waals surface area contributed by atoms with Crippen LogP contribution in [0.2, 0.25) is 0 Å². The lowest BCUT2D eigenvalue weighted by Crippen LogP contribution is -1.93. The number of ketones is 1. The zero-order valence-corrected chi connectivity index (χ0v) is 5.71. The van der Waals surface area contributed by atoms with E-state index in [4.69, 9.17) is 5.11 Å². The summed E-state index contributed by atoms with van der Waals surface area (Å²) < 4.78 is 0. The lowest BCUT2D eigenvalue weighted by molar-refractivity contribution is -0.114. The van der Waals surface area contributed by atoms with E-state index in [-0.39, 0.29) is 5.78 Å². The minimum absolute atomic E-state index is 0.220. The van der Waals surface area contributed by atoms with Crippen molar-refractivity contribution in [2.45, 2.75) is 19.3 Å². The maximum absolute atomic E-state index is 10.9. The summed E-state index contributed by atoms with van der Waals surface area (Å²) in [5.74, 6) is 0.220. The van der Waals surface area contributed by atoms with E-state index in [1.807, 2.05) is 6.08 Å². The second kappa shape index (κ2) is 3.20. The van der Waals surface area contributed by atoms with Crippen molar-refractivity contribution >= 4 is 5.78 Å². The number of aliphatic hydroxyl groups excluding tert-OH is 1. The third kappa shape index (κ3) is 1.47. The average Bonchev–Trinajstić information content (AvgIpc) is 2.31. The number of carbonyl (C=O) groups excluding carboxylic acids is 1. The molecule has 10 heavy (non-hydrogen) atoms. The van der Waals surface area contributed by atoms with E-state index in [9.17, 15) is 4.79 Å². The summed E-state index contributed by atoms with van der Waals surface area (Å²) in [6.07, 6.45) is 6.58. The van der Waals surface area contributed by atoms with Gasteiger partial charge in [0.15, 0.2) is 5.78 Å². The van der Waals surface area contributed by atoms with Crippen LogP contribution in [0.25, 0.3) is 0 Å². The molecule has 0 unspecified atom stereocenters. The van der Waals surface area contributed by atoms with Crippen LogP contribution >= 0.6 is 0 Å². The quantitative estimate of drug-likeness (QED) is 0.590. The molecule has 0 atom stereocenters. The van der Waals surface area contributed by atoms with E-state index in [0.717, 1.165) is 18.3 Å². The highest BCUT2D eigenvalue weighted by Crippen LogP contribution is 2.16. The van der Waals surface area contributed by atoms with Crippen LogP contribution in [-0.2, 0) is 4.79 Å². The molecule has 0 bridgehead atoms. The molecule has 2 nitrogen and oxygen atoms in total. The van der Waals surface area contributed by atoms with E-state index >= 15 is 0 Å². The van der Waals surface area contributed by atoms with E-state index in [1.54, 1.807) is 6.08 Å². The molecule has 1 rings (SSSR count). The Balaban J connectivity index is 2.47.